The maximum atomic E-state index is 11.4. The molecule has 27 heavy (non-hydrogen) atoms. The van der Waals surface area contributed by atoms with Gasteiger partial charge in [0.2, 0.25) is 0 Å². The highest BCUT2D eigenvalue weighted by Gasteiger charge is 2.12. The molecule has 6 heteroatoms. The third-order valence-electron chi connectivity index (χ3n) is 4.40. The van der Waals surface area contributed by atoms with Crippen molar-refractivity contribution in [3.8, 4) is 11.5 Å². The molecule has 0 fully saturated rings. The molecule has 0 saturated heterocycles. The van der Waals surface area contributed by atoms with E-state index >= 15 is 0 Å². The third kappa shape index (κ3) is 6.34. The summed E-state index contributed by atoms with van der Waals surface area (Å²) in [5.41, 5.74) is 6.79. The van der Waals surface area contributed by atoms with E-state index in [1.165, 1.54) is 11.8 Å². The van der Waals surface area contributed by atoms with Gasteiger partial charge in [-0.05, 0) is 51.5 Å². The summed E-state index contributed by atoms with van der Waals surface area (Å²) in [5, 5.41) is 3.48. The van der Waals surface area contributed by atoms with Crippen molar-refractivity contribution in [1.29, 1.82) is 0 Å². The van der Waals surface area contributed by atoms with Crippen LogP contribution < -0.4 is 15.8 Å². The minimum Gasteiger partial charge on any atom is -0.456 e. The Hall–Kier alpha value is -2.44. The number of primary amides is 1. The maximum Gasteiger partial charge on any atom is 0.254 e. The van der Waals surface area contributed by atoms with Gasteiger partial charge in [0.1, 0.15) is 17.1 Å². The van der Waals surface area contributed by atoms with Crippen molar-refractivity contribution in [3.05, 3.63) is 53.9 Å². The summed E-state index contributed by atoms with van der Waals surface area (Å²) in [6.07, 6.45) is 2.98. The zero-order valence-corrected chi connectivity index (χ0v) is 16.6. The first kappa shape index (κ1) is 20.9. The number of amides is 1. The molecule has 0 aliphatic carbocycles. The average Bonchev–Trinajstić information content (AvgIpc) is 2.62. The Kier molecular flexibility index (Phi) is 7.76. The predicted octanol–water partition coefficient (Wildman–Crippen LogP) is 3.18. The van der Waals surface area contributed by atoms with Gasteiger partial charge in [-0.25, -0.2) is 0 Å². The number of hydrogen-bond donors (Lipinski definition) is 2. The smallest absolute Gasteiger partial charge is 0.254 e. The molecule has 3 N–H and O–H groups in total. The number of ether oxygens (including phenoxy) is 1. The summed E-state index contributed by atoms with van der Waals surface area (Å²) in [6, 6.07) is 10.5. The Balaban J connectivity index is 1.86. The molecular formula is C21H30N4O2. The number of aromatic nitrogens is 1. The van der Waals surface area contributed by atoms with E-state index in [-0.39, 0.29) is 5.56 Å². The summed E-state index contributed by atoms with van der Waals surface area (Å²) in [5.74, 6) is 0.500. The molecule has 1 aromatic carbocycles. The van der Waals surface area contributed by atoms with Gasteiger partial charge < -0.3 is 15.8 Å². The van der Waals surface area contributed by atoms with Gasteiger partial charge in [-0.15, -0.1) is 0 Å². The minimum atomic E-state index is -0.559. The fourth-order valence-electron chi connectivity index (χ4n) is 3.01. The van der Waals surface area contributed by atoms with Crippen LogP contribution in [0.1, 0.15) is 43.6 Å². The van der Waals surface area contributed by atoms with Crippen molar-refractivity contribution in [2.75, 3.05) is 13.1 Å². The monoisotopic (exact) mass is 370 g/mol. The summed E-state index contributed by atoms with van der Waals surface area (Å²) >= 11 is 0. The lowest BCUT2D eigenvalue weighted by molar-refractivity contribution is 0.0997. The number of benzene rings is 1. The lowest BCUT2D eigenvalue weighted by Crippen LogP contribution is -2.41. The number of nitrogens with one attached hydrogen (secondary N) is 1. The van der Waals surface area contributed by atoms with Crippen LogP contribution in [0.3, 0.4) is 0 Å². The second-order valence-electron chi connectivity index (χ2n) is 7.08. The molecule has 0 unspecified atom stereocenters. The fourth-order valence-corrected chi connectivity index (χ4v) is 3.01. The number of carbonyl (C=O) groups is 1. The number of carbonyl (C=O) groups excluding carboxylic acids is 1. The molecule has 1 heterocycles. The highest BCUT2D eigenvalue weighted by Crippen LogP contribution is 2.24. The first-order valence-corrected chi connectivity index (χ1v) is 9.35. The maximum absolute atomic E-state index is 11.4. The number of rotatable bonds is 10. The van der Waals surface area contributed by atoms with Crippen LogP contribution >= 0.6 is 0 Å². The number of nitrogens with zero attached hydrogens (tertiary/aromatic N) is 2. The summed E-state index contributed by atoms with van der Waals surface area (Å²) in [7, 11) is 0. The Morgan fingerprint density at radius 2 is 1.81 bits per heavy atom. The lowest BCUT2D eigenvalue weighted by atomic mass is 10.2. The second-order valence-corrected chi connectivity index (χ2v) is 7.08. The van der Waals surface area contributed by atoms with Gasteiger partial charge in [0, 0.05) is 44.1 Å². The van der Waals surface area contributed by atoms with Crippen LogP contribution in [0, 0.1) is 0 Å². The average molecular weight is 370 g/mol. The van der Waals surface area contributed by atoms with Crippen molar-refractivity contribution in [1.82, 2.24) is 15.2 Å². The molecule has 0 aliphatic heterocycles. The lowest BCUT2D eigenvalue weighted by Gasteiger charge is -2.30. The number of nitrogens with two attached hydrogens (primary N) is 1. The van der Waals surface area contributed by atoms with Crippen LogP contribution in [-0.2, 0) is 6.54 Å². The van der Waals surface area contributed by atoms with Crippen LogP contribution in [0.25, 0.3) is 0 Å². The third-order valence-corrected chi connectivity index (χ3v) is 4.40. The topological polar surface area (TPSA) is 80.5 Å². The Labute approximate surface area is 161 Å². The van der Waals surface area contributed by atoms with Gasteiger partial charge in [0.15, 0.2) is 0 Å². The fraction of sp³-hybridized carbons (Fsp3) is 0.429. The van der Waals surface area contributed by atoms with Crippen molar-refractivity contribution >= 4 is 5.91 Å². The van der Waals surface area contributed by atoms with Crippen molar-refractivity contribution in [2.45, 2.75) is 46.3 Å². The predicted molar refractivity (Wildman–Crippen MR) is 108 cm³/mol. The molecule has 0 radical (unpaired) electrons. The standard InChI is InChI=1S/C21H30N4O2/c1-15(2)25(16(3)4)12-11-24-13-17-5-7-18(8-6-17)27-20-9-10-23-14-19(20)21(22)26/h5-10,14-16,24H,11-13H2,1-4H3,(H2,22,26). The van der Waals surface area contributed by atoms with Gasteiger partial charge in [0.05, 0.1) is 0 Å². The molecule has 1 aromatic heterocycles. The molecule has 1 amide bonds. The molecule has 0 saturated carbocycles. The van der Waals surface area contributed by atoms with E-state index in [4.69, 9.17) is 10.5 Å². The Morgan fingerprint density at radius 3 is 2.41 bits per heavy atom. The van der Waals surface area contributed by atoms with Crippen LogP contribution in [0.4, 0.5) is 0 Å². The first-order valence-electron chi connectivity index (χ1n) is 9.35. The van der Waals surface area contributed by atoms with Gasteiger partial charge >= 0.3 is 0 Å². The van der Waals surface area contributed by atoms with E-state index in [1.807, 2.05) is 24.3 Å². The quantitative estimate of drug-likeness (QED) is 0.628. The molecule has 6 nitrogen and oxygen atoms in total. The molecule has 2 rings (SSSR count). The molecule has 146 valence electrons. The zero-order chi connectivity index (χ0) is 19.8. The Bertz CT molecular complexity index is 721. The first-order chi connectivity index (χ1) is 12.9. The van der Waals surface area contributed by atoms with E-state index < -0.39 is 5.91 Å². The zero-order valence-electron chi connectivity index (χ0n) is 16.6. The normalized spacial score (nSPS) is 11.4. The Morgan fingerprint density at radius 1 is 1.15 bits per heavy atom. The largest absolute Gasteiger partial charge is 0.456 e. The van der Waals surface area contributed by atoms with Gasteiger partial charge in [-0.2, -0.15) is 0 Å². The van der Waals surface area contributed by atoms with Crippen molar-refractivity contribution in [2.24, 2.45) is 5.73 Å². The van der Waals surface area contributed by atoms with Crippen LogP contribution in [0.2, 0.25) is 0 Å². The van der Waals surface area contributed by atoms with E-state index in [0.29, 0.717) is 23.6 Å². The SMILES string of the molecule is CC(C)N(CCNCc1ccc(Oc2ccncc2C(N)=O)cc1)C(C)C. The van der Waals surface area contributed by atoms with Crippen LogP contribution in [0.15, 0.2) is 42.7 Å². The summed E-state index contributed by atoms with van der Waals surface area (Å²) < 4.78 is 5.77. The second kappa shape index (κ2) is 10.0. The van der Waals surface area contributed by atoms with E-state index in [9.17, 15) is 4.79 Å². The van der Waals surface area contributed by atoms with Gasteiger partial charge in [0.25, 0.3) is 5.91 Å². The molecule has 0 aliphatic rings. The van der Waals surface area contributed by atoms with E-state index in [0.717, 1.165) is 19.6 Å². The van der Waals surface area contributed by atoms with Crippen LogP contribution in [-0.4, -0.2) is 41.0 Å². The van der Waals surface area contributed by atoms with Crippen molar-refractivity contribution in [3.63, 3.8) is 0 Å². The minimum absolute atomic E-state index is 0.267. The van der Waals surface area contributed by atoms with Gasteiger partial charge in [-0.1, -0.05) is 12.1 Å². The molecule has 0 spiro atoms. The van der Waals surface area contributed by atoms with Gasteiger partial charge in [-0.3, -0.25) is 14.7 Å². The van der Waals surface area contributed by atoms with E-state index in [2.05, 4.69) is 42.9 Å². The number of pyridine rings is 1. The van der Waals surface area contributed by atoms with Crippen molar-refractivity contribution < 1.29 is 9.53 Å². The molecular weight excluding hydrogens is 340 g/mol. The number of hydrogen-bond acceptors (Lipinski definition) is 5. The summed E-state index contributed by atoms with van der Waals surface area (Å²) in [6.45, 7) is 11.7. The van der Waals surface area contributed by atoms with E-state index in [1.54, 1.807) is 12.3 Å². The van der Waals surface area contributed by atoms with Crippen LogP contribution in [0.5, 0.6) is 11.5 Å². The molecule has 2 aromatic rings. The molecule has 0 atom stereocenters. The summed E-state index contributed by atoms with van der Waals surface area (Å²) in [4.78, 5) is 17.8. The highest BCUT2D eigenvalue weighted by molar-refractivity contribution is 5.95. The highest BCUT2D eigenvalue weighted by atomic mass is 16.5. The molecule has 0 bridgehead atoms.